The van der Waals surface area contributed by atoms with Crippen LogP contribution in [0.4, 0.5) is 10.3 Å². The van der Waals surface area contributed by atoms with Gasteiger partial charge in [0.1, 0.15) is 11.6 Å². The Morgan fingerprint density at radius 1 is 0.919 bits per heavy atom. The first-order chi connectivity index (χ1) is 17.8. The first-order valence-corrected chi connectivity index (χ1v) is 13.0. The Hall–Kier alpha value is -4.08. The summed E-state index contributed by atoms with van der Waals surface area (Å²) in [6, 6.07) is 16.1. The summed E-state index contributed by atoms with van der Waals surface area (Å²) in [5.74, 6) is -0.0691. The third-order valence-corrected chi connectivity index (χ3v) is 7.60. The number of aryl methyl sites for hydroxylation is 1. The zero-order chi connectivity index (χ0) is 26.2. The number of methoxy groups -OCH3 is 1. The van der Waals surface area contributed by atoms with E-state index in [1.165, 1.54) is 43.9 Å². The van der Waals surface area contributed by atoms with Crippen LogP contribution >= 0.6 is 11.6 Å². The topological polar surface area (TPSA) is 94.1 Å². The van der Waals surface area contributed by atoms with Crippen molar-refractivity contribution >= 4 is 38.3 Å². The van der Waals surface area contributed by atoms with Gasteiger partial charge >= 0.3 is 0 Å². The van der Waals surface area contributed by atoms with Gasteiger partial charge in [-0.25, -0.2) is 27.5 Å². The van der Waals surface area contributed by atoms with Crippen molar-refractivity contribution in [2.45, 2.75) is 11.8 Å². The zero-order valence-electron chi connectivity index (χ0n) is 19.7. The lowest BCUT2D eigenvalue weighted by molar-refractivity contribution is 0.415. The van der Waals surface area contributed by atoms with Crippen molar-refractivity contribution < 1.29 is 17.5 Å². The SMILES string of the molecule is COc1cc(-c2ccc(Cl)c(C)c2)c(F)cc1-c1nccc2cc(S(=O)(=O)Nc3ncccn3)ccc12. The summed E-state index contributed by atoms with van der Waals surface area (Å²) in [5.41, 5.74) is 2.75. The molecule has 0 aliphatic carbocycles. The lowest BCUT2D eigenvalue weighted by atomic mass is 9.97. The summed E-state index contributed by atoms with van der Waals surface area (Å²) in [6.45, 7) is 1.85. The van der Waals surface area contributed by atoms with Gasteiger partial charge in [0.2, 0.25) is 5.95 Å². The number of hydrogen-bond acceptors (Lipinski definition) is 6. The molecule has 0 fully saturated rings. The molecule has 3 aromatic carbocycles. The van der Waals surface area contributed by atoms with Gasteiger partial charge < -0.3 is 4.74 Å². The summed E-state index contributed by atoms with van der Waals surface area (Å²) in [5, 5.41) is 1.83. The van der Waals surface area contributed by atoms with Crippen molar-refractivity contribution in [3.8, 4) is 28.1 Å². The van der Waals surface area contributed by atoms with Crippen molar-refractivity contribution in [3.05, 3.63) is 95.7 Å². The molecule has 2 aromatic heterocycles. The Morgan fingerprint density at radius 3 is 2.43 bits per heavy atom. The van der Waals surface area contributed by atoms with E-state index in [1.54, 1.807) is 36.4 Å². The van der Waals surface area contributed by atoms with Crippen molar-refractivity contribution in [3.63, 3.8) is 0 Å². The molecule has 2 heterocycles. The molecule has 0 aliphatic heterocycles. The highest BCUT2D eigenvalue weighted by molar-refractivity contribution is 7.92. The van der Waals surface area contributed by atoms with Crippen LogP contribution in [-0.4, -0.2) is 30.5 Å². The smallest absolute Gasteiger partial charge is 0.264 e. The van der Waals surface area contributed by atoms with E-state index in [2.05, 4.69) is 19.7 Å². The average molecular weight is 535 g/mol. The van der Waals surface area contributed by atoms with Gasteiger partial charge in [-0.1, -0.05) is 23.7 Å². The first-order valence-electron chi connectivity index (χ1n) is 11.1. The predicted molar refractivity (Wildman–Crippen MR) is 142 cm³/mol. The number of nitrogens with one attached hydrogen (secondary N) is 1. The summed E-state index contributed by atoms with van der Waals surface area (Å²) in [7, 11) is -2.43. The van der Waals surface area contributed by atoms with Crippen LogP contribution in [-0.2, 0) is 10.0 Å². The van der Waals surface area contributed by atoms with E-state index in [1.807, 2.05) is 13.0 Å². The second-order valence-corrected chi connectivity index (χ2v) is 10.3. The maximum absolute atomic E-state index is 15.4. The van der Waals surface area contributed by atoms with Gasteiger partial charge in [0.05, 0.1) is 17.7 Å². The number of fused-ring (bicyclic) bond motifs is 1. The van der Waals surface area contributed by atoms with Gasteiger partial charge in [0.15, 0.2) is 0 Å². The lowest BCUT2D eigenvalue weighted by Crippen LogP contribution is -2.14. The largest absolute Gasteiger partial charge is 0.496 e. The highest BCUT2D eigenvalue weighted by atomic mass is 35.5. The number of nitrogens with zero attached hydrogens (tertiary/aromatic N) is 3. The molecule has 0 amide bonds. The molecule has 37 heavy (non-hydrogen) atoms. The molecule has 0 saturated carbocycles. The van der Waals surface area contributed by atoms with Gasteiger partial charge in [-0.05, 0) is 72.0 Å². The minimum Gasteiger partial charge on any atom is -0.496 e. The standard InChI is InChI=1S/C27H20ClFN4O3S/c1-16-12-17(4-7-23(16)28)21-15-25(36-2)22(14-24(21)29)26-20-6-5-19(13-18(20)8-11-30-26)37(34,35)33-27-31-9-3-10-32-27/h3-15H,1-2H3,(H,31,32,33). The highest BCUT2D eigenvalue weighted by Gasteiger charge is 2.20. The van der Waals surface area contributed by atoms with Gasteiger partial charge in [0.25, 0.3) is 10.0 Å². The number of halogens is 2. The minimum atomic E-state index is -3.93. The quantitative estimate of drug-likeness (QED) is 0.276. The molecule has 0 bridgehead atoms. The van der Waals surface area contributed by atoms with Gasteiger partial charge in [0, 0.05) is 40.1 Å². The van der Waals surface area contributed by atoms with Crippen LogP contribution in [0.1, 0.15) is 5.56 Å². The van der Waals surface area contributed by atoms with Crippen LogP contribution < -0.4 is 9.46 Å². The van der Waals surface area contributed by atoms with Crippen LogP contribution in [0.5, 0.6) is 5.75 Å². The van der Waals surface area contributed by atoms with Crippen molar-refractivity contribution in [1.82, 2.24) is 15.0 Å². The number of pyridine rings is 1. The van der Waals surface area contributed by atoms with E-state index in [0.717, 1.165) is 5.56 Å². The number of sulfonamides is 1. The second kappa shape index (κ2) is 9.76. The zero-order valence-corrected chi connectivity index (χ0v) is 21.3. The minimum absolute atomic E-state index is 0.0243. The highest BCUT2D eigenvalue weighted by Crippen LogP contribution is 2.39. The monoisotopic (exact) mass is 534 g/mol. The summed E-state index contributed by atoms with van der Waals surface area (Å²) in [4.78, 5) is 12.3. The molecular weight excluding hydrogens is 515 g/mol. The maximum Gasteiger partial charge on any atom is 0.264 e. The molecule has 5 aromatic rings. The average Bonchev–Trinajstić information content (AvgIpc) is 2.90. The molecule has 186 valence electrons. The van der Waals surface area contributed by atoms with E-state index in [0.29, 0.717) is 43.9 Å². The van der Waals surface area contributed by atoms with E-state index >= 15 is 4.39 Å². The molecule has 0 aliphatic rings. The molecule has 5 rings (SSSR count). The summed E-state index contributed by atoms with van der Waals surface area (Å²) >= 11 is 6.13. The molecule has 0 saturated heterocycles. The Kier molecular flexibility index (Phi) is 6.49. The Balaban J connectivity index is 1.58. The van der Waals surface area contributed by atoms with E-state index < -0.39 is 15.8 Å². The normalized spacial score (nSPS) is 11.5. The van der Waals surface area contributed by atoms with Crippen molar-refractivity contribution in [2.75, 3.05) is 11.8 Å². The molecular formula is C27H20ClFN4O3S. The lowest BCUT2D eigenvalue weighted by Gasteiger charge is -2.14. The van der Waals surface area contributed by atoms with E-state index in [9.17, 15) is 8.42 Å². The van der Waals surface area contributed by atoms with Crippen molar-refractivity contribution in [1.29, 1.82) is 0 Å². The van der Waals surface area contributed by atoms with Gasteiger partial charge in [-0.15, -0.1) is 0 Å². The number of aromatic nitrogens is 3. The molecule has 1 N–H and O–H groups in total. The fourth-order valence-electron chi connectivity index (χ4n) is 4.01. The van der Waals surface area contributed by atoms with E-state index in [4.69, 9.17) is 16.3 Å². The van der Waals surface area contributed by atoms with Crippen LogP contribution in [0.15, 0.2) is 84.1 Å². The number of anilines is 1. The number of benzene rings is 3. The van der Waals surface area contributed by atoms with Gasteiger partial charge in [-0.3, -0.25) is 4.98 Å². The fraction of sp³-hybridized carbons (Fsp3) is 0.0741. The summed E-state index contributed by atoms with van der Waals surface area (Å²) < 4.78 is 49.1. The van der Waals surface area contributed by atoms with Crippen LogP contribution in [0.25, 0.3) is 33.2 Å². The fourth-order valence-corrected chi connectivity index (χ4v) is 5.12. The molecule has 0 unspecified atom stereocenters. The predicted octanol–water partition coefficient (Wildman–Crippen LogP) is 6.27. The Bertz CT molecular complexity index is 1750. The van der Waals surface area contributed by atoms with Crippen LogP contribution in [0.2, 0.25) is 5.02 Å². The third kappa shape index (κ3) is 4.83. The summed E-state index contributed by atoms with van der Waals surface area (Å²) in [6.07, 6.45) is 4.42. The van der Waals surface area contributed by atoms with Crippen molar-refractivity contribution in [2.24, 2.45) is 0 Å². The molecule has 0 atom stereocenters. The molecule has 0 radical (unpaired) electrons. The Morgan fingerprint density at radius 2 is 1.70 bits per heavy atom. The van der Waals surface area contributed by atoms with Gasteiger partial charge in [-0.2, -0.15) is 0 Å². The molecule has 0 spiro atoms. The molecule has 10 heteroatoms. The second-order valence-electron chi connectivity index (χ2n) is 8.22. The van der Waals surface area contributed by atoms with Crippen LogP contribution in [0, 0.1) is 12.7 Å². The Labute approximate surface area is 218 Å². The van der Waals surface area contributed by atoms with E-state index in [-0.39, 0.29) is 10.8 Å². The number of ether oxygens (including phenoxy) is 1. The number of rotatable bonds is 6. The molecule has 7 nitrogen and oxygen atoms in total. The maximum atomic E-state index is 15.4. The first kappa shape index (κ1) is 24.6. The third-order valence-electron chi connectivity index (χ3n) is 5.85. The number of hydrogen-bond donors (Lipinski definition) is 1. The van der Waals surface area contributed by atoms with Crippen LogP contribution in [0.3, 0.4) is 0 Å².